The minimum atomic E-state index is 0.775. The second kappa shape index (κ2) is 5.19. The number of nitrogens with one attached hydrogen (secondary N) is 1. The van der Waals surface area contributed by atoms with E-state index in [1.165, 1.54) is 11.3 Å². The topological polar surface area (TPSA) is 43.0 Å². The molecule has 2 aromatic heterocycles. The van der Waals surface area contributed by atoms with Crippen LogP contribution < -0.4 is 5.32 Å². The predicted octanol–water partition coefficient (Wildman–Crippen LogP) is 2.25. The Morgan fingerprint density at radius 1 is 1.41 bits per heavy atom. The molecule has 17 heavy (non-hydrogen) atoms. The lowest BCUT2D eigenvalue weighted by Gasteiger charge is -2.05. The maximum atomic E-state index is 5.48. The lowest BCUT2D eigenvalue weighted by molar-refractivity contribution is 0.479. The summed E-state index contributed by atoms with van der Waals surface area (Å²) < 4.78 is 7.49. The Bertz CT molecular complexity index is 485. The Hall–Kier alpha value is -1.55. The van der Waals surface area contributed by atoms with Gasteiger partial charge < -0.3 is 9.73 Å². The van der Waals surface area contributed by atoms with Gasteiger partial charge in [-0.25, -0.2) is 0 Å². The molecule has 0 spiro atoms. The number of hydrogen-bond donors (Lipinski definition) is 1. The molecule has 0 aliphatic rings. The summed E-state index contributed by atoms with van der Waals surface area (Å²) in [7, 11) is 0. The van der Waals surface area contributed by atoms with E-state index in [-0.39, 0.29) is 0 Å². The van der Waals surface area contributed by atoms with Crippen LogP contribution >= 0.6 is 0 Å². The third-order valence-corrected chi connectivity index (χ3v) is 2.80. The molecule has 0 atom stereocenters. The Kier molecular flexibility index (Phi) is 3.64. The molecule has 92 valence electrons. The van der Waals surface area contributed by atoms with Gasteiger partial charge >= 0.3 is 0 Å². The first-order chi connectivity index (χ1) is 8.20. The number of rotatable bonds is 5. The summed E-state index contributed by atoms with van der Waals surface area (Å²) in [6.45, 7) is 8.67. The van der Waals surface area contributed by atoms with Crippen molar-refractivity contribution in [2.45, 2.75) is 33.9 Å². The van der Waals surface area contributed by atoms with Gasteiger partial charge in [0.1, 0.15) is 5.76 Å². The molecule has 2 heterocycles. The van der Waals surface area contributed by atoms with Crippen LogP contribution in [0.3, 0.4) is 0 Å². The summed E-state index contributed by atoms with van der Waals surface area (Å²) in [4.78, 5) is 0. The first-order valence-electron chi connectivity index (χ1n) is 5.97. The van der Waals surface area contributed by atoms with E-state index >= 15 is 0 Å². The largest absolute Gasteiger partial charge is 0.468 e. The van der Waals surface area contributed by atoms with Crippen LogP contribution in [-0.2, 0) is 13.1 Å². The first-order valence-corrected chi connectivity index (χ1v) is 5.97. The van der Waals surface area contributed by atoms with Crippen LogP contribution in [0.5, 0.6) is 0 Å². The lowest BCUT2D eigenvalue weighted by Crippen LogP contribution is -2.13. The molecule has 0 saturated carbocycles. The zero-order valence-electron chi connectivity index (χ0n) is 10.7. The molecule has 0 fully saturated rings. The fourth-order valence-electron chi connectivity index (χ4n) is 1.90. The fourth-order valence-corrected chi connectivity index (χ4v) is 1.90. The third kappa shape index (κ3) is 2.77. The Labute approximate surface area is 102 Å². The number of nitrogens with zero attached hydrogens (tertiary/aromatic N) is 2. The van der Waals surface area contributed by atoms with Crippen molar-refractivity contribution in [3.8, 4) is 0 Å². The summed E-state index contributed by atoms with van der Waals surface area (Å²) in [6, 6.07) is 4.10. The minimum absolute atomic E-state index is 0.775. The van der Waals surface area contributed by atoms with Crippen LogP contribution in [0.2, 0.25) is 0 Å². The Morgan fingerprint density at radius 3 is 2.88 bits per heavy atom. The van der Waals surface area contributed by atoms with E-state index in [4.69, 9.17) is 4.42 Å². The smallest absolute Gasteiger partial charge is 0.122 e. The molecule has 4 nitrogen and oxygen atoms in total. The number of aromatic nitrogens is 2. The quantitative estimate of drug-likeness (QED) is 0.861. The van der Waals surface area contributed by atoms with Crippen molar-refractivity contribution in [2.75, 3.05) is 6.54 Å². The summed E-state index contributed by atoms with van der Waals surface area (Å²) in [5.41, 5.74) is 3.43. The van der Waals surface area contributed by atoms with Crippen molar-refractivity contribution in [1.82, 2.24) is 15.1 Å². The highest BCUT2D eigenvalue weighted by Crippen LogP contribution is 2.13. The van der Waals surface area contributed by atoms with Gasteiger partial charge in [0.25, 0.3) is 0 Å². The monoisotopic (exact) mass is 233 g/mol. The zero-order valence-corrected chi connectivity index (χ0v) is 10.7. The first kappa shape index (κ1) is 11.9. The van der Waals surface area contributed by atoms with Crippen molar-refractivity contribution in [1.29, 1.82) is 0 Å². The van der Waals surface area contributed by atoms with Gasteiger partial charge in [0.05, 0.1) is 25.0 Å². The molecule has 2 aromatic rings. The van der Waals surface area contributed by atoms with Crippen LogP contribution in [0.15, 0.2) is 22.8 Å². The van der Waals surface area contributed by atoms with E-state index in [1.807, 2.05) is 17.7 Å². The molecule has 0 saturated heterocycles. The van der Waals surface area contributed by atoms with Crippen LogP contribution in [0.4, 0.5) is 0 Å². The van der Waals surface area contributed by atoms with Crippen LogP contribution in [0.25, 0.3) is 0 Å². The molecule has 2 rings (SSSR count). The maximum Gasteiger partial charge on any atom is 0.122 e. The van der Waals surface area contributed by atoms with E-state index in [0.29, 0.717) is 0 Å². The Morgan fingerprint density at radius 2 is 2.24 bits per heavy atom. The molecule has 0 aliphatic carbocycles. The van der Waals surface area contributed by atoms with Gasteiger partial charge in [-0.1, -0.05) is 6.92 Å². The van der Waals surface area contributed by atoms with E-state index in [0.717, 1.165) is 31.1 Å². The number of hydrogen-bond acceptors (Lipinski definition) is 3. The normalized spacial score (nSPS) is 11.0. The highest BCUT2D eigenvalue weighted by molar-refractivity contribution is 5.19. The summed E-state index contributed by atoms with van der Waals surface area (Å²) in [5.74, 6) is 0.999. The van der Waals surface area contributed by atoms with Crippen LogP contribution in [-0.4, -0.2) is 16.3 Å². The van der Waals surface area contributed by atoms with Crippen molar-refractivity contribution in [2.24, 2.45) is 0 Å². The molecular formula is C13H19N3O. The van der Waals surface area contributed by atoms with E-state index in [2.05, 4.69) is 30.3 Å². The summed E-state index contributed by atoms with van der Waals surface area (Å²) in [6.07, 6.45) is 1.74. The van der Waals surface area contributed by atoms with Crippen molar-refractivity contribution < 1.29 is 4.42 Å². The van der Waals surface area contributed by atoms with Gasteiger partial charge in [0.15, 0.2) is 0 Å². The second-order valence-electron chi connectivity index (χ2n) is 4.23. The van der Waals surface area contributed by atoms with Crippen molar-refractivity contribution in [3.05, 3.63) is 41.1 Å². The standard InChI is InChI=1S/C13H19N3O/c1-4-14-8-13-12(5-6-17-13)9-16-11(3)7-10(2)15-16/h5-7,14H,4,8-9H2,1-3H3. The summed E-state index contributed by atoms with van der Waals surface area (Å²) in [5, 5.41) is 7.73. The molecule has 0 radical (unpaired) electrons. The number of furan rings is 1. The van der Waals surface area contributed by atoms with Gasteiger partial charge in [-0.3, -0.25) is 4.68 Å². The average Bonchev–Trinajstić information content (AvgIpc) is 2.84. The van der Waals surface area contributed by atoms with Crippen molar-refractivity contribution >= 4 is 0 Å². The molecule has 0 bridgehead atoms. The van der Waals surface area contributed by atoms with Gasteiger partial charge in [0, 0.05) is 11.3 Å². The van der Waals surface area contributed by atoms with Crippen LogP contribution in [0.1, 0.15) is 29.6 Å². The van der Waals surface area contributed by atoms with Gasteiger partial charge in [-0.2, -0.15) is 5.10 Å². The SMILES string of the molecule is CCNCc1occc1Cn1nc(C)cc1C. The minimum Gasteiger partial charge on any atom is -0.468 e. The fraction of sp³-hybridized carbons (Fsp3) is 0.462. The van der Waals surface area contributed by atoms with Gasteiger partial charge in [-0.05, 0) is 32.5 Å². The Balaban J connectivity index is 2.13. The molecule has 1 N–H and O–H groups in total. The highest BCUT2D eigenvalue weighted by atomic mass is 16.3. The third-order valence-electron chi connectivity index (χ3n) is 2.80. The zero-order chi connectivity index (χ0) is 12.3. The van der Waals surface area contributed by atoms with Crippen molar-refractivity contribution in [3.63, 3.8) is 0 Å². The average molecular weight is 233 g/mol. The molecule has 0 aliphatic heterocycles. The molecular weight excluding hydrogens is 214 g/mol. The summed E-state index contributed by atoms with van der Waals surface area (Å²) >= 11 is 0. The van der Waals surface area contributed by atoms with E-state index in [9.17, 15) is 0 Å². The van der Waals surface area contributed by atoms with Gasteiger partial charge in [-0.15, -0.1) is 0 Å². The highest BCUT2D eigenvalue weighted by Gasteiger charge is 2.08. The van der Waals surface area contributed by atoms with Gasteiger partial charge in [0.2, 0.25) is 0 Å². The lowest BCUT2D eigenvalue weighted by atomic mass is 10.2. The second-order valence-corrected chi connectivity index (χ2v) is 4.23. The maximum absolute atomic E-state index is 5.48. The van der Waals surface area contributed by atoms with E-state index < -0.39 is 0 Å². The molecule has 0 aromatic carbocycles. The van der Waals surface area contributed by atoms with Crippen LogP contribution in [0, 0.1) is 13.8 Å². The molecule has 0 amide bonds. The molecule has 4 heteroatoms. The van der Waals surface area contributed by atoms with E-state index in [1.54, 1.807) is 6.26 Å². The predicted molar refractivity (Wildman–Crippen MR) is 66.9 cm³/mol. The molecule has 0 unspecified atom stereocenters. The number of aryl methyl sites for hydroxylation is 2.